The zero-order valence-electron chi connectivity index (χ0n) is 12.3. The Hall–Kier alpha value is -0.860. The quantitative estimate of drug-likeness (QED) is 0.881. The van der Waals surface area contributed by atoms with Gasteiger partial charge in [-0.15, -0.1) is 0 Å². The van der Waals surface area contributed by atoms with Crippen LogP contribution in [0, 0.1) is 11.3 Å². The van der Waals surface area contributed by atoms with E-state index in [1.54, 1.807) is 0 Å². The summed E-state index contributed by atoms with van der Waals surface area (Å²) >= 11 is 0. The number of nitrogens with zero attached hydrogens (tertiary/aromatic N) is 1. The zero-order chi connectivity index (χ0) is 13.7. The molecule has 0 radical (unpaired) electrons. The lowest BCUT2D eigenvalue weighted by atomic mass is 9.88. The molecule has 19 heavy (non-hydrogen) atoms. The Bertz CT molecular complexity index is 366. The predicted octanol–water partition coefficient (Wildman–Crippen LogP) is 2.96. The summed E-state index contributed by atoms with van der Waals surface area (Å²) in [4.78, 5) is 2.51. The van der Waals surface area contributed by atoms with Crippen molar-refractivity contribution in [3.05, 3.63) is 35.9 Å². The van der Waals surface area contributed by atoms with Crippen LogP contribution in [0.3, 0.4) is 0 Å². The third-order valence-electron chi connectivity index (χ3n) is 4.15. The van der Waals surface area contributed by atoms with Crippen molar-refractivity contribution in [2.24, 2.45) is 11.3 Å². The Balaban J connectivity index is 1.77. The third-order valence-corrected chi connectivity index (χ3v) is 4.15. The van der Waals surface area contributed by atoms with Gasteiger partial charge in [0.15, 0.2) is 0 Å². The van der Waals surface area contributed by atoms with Gasteiger partial charge >= 0.3 is 0 Å². The van der Waals surface area contributed by atoms with Gasteiger partial charge in [-0.25, -0.2) is 0 Å². The molecule has 0 atom stereocenters. The van der Waals surface area contributed by atoms with Crippen LogP contribution in [0.25, 0.3) is 0 Å². The largest absolute Gasteiger partial charge is 0.396 e. The first-order valence-electron chi connectivity index (χ1n) is 7.46. The van der Waals surface area contributed by atoms with E-state index in [2.05, 4.69) is 49.1 Å². The summed E-state index contributed by atoms with van der Waals surface area (Å²) < 4.78 is 0. The van der Waals surface area contributed by atoms with Crippen LogP contribution in [-0.4, -0.2) is 36.2 Å². The number of likely N-dealkylation sites (tertiary alicyclic amines) is 1. The summed E-state index contributed by atoms with van der Waals surface area (Å²) in [6.07, 6.45) is 3.80. The van der Waals surface area contributed by atoms with Gasteiger partial charge in [0.1, 0.15) is 0 Å². The minimum Gasteiger partial charge on any atom is -0.396 e. The number of hydrogen-bond acceptors (Lipinski definition) is 2. The smallest absolute Gasteiger partial charge is 0.0494 e. The van der Waals surface area contributed by atoms with Crippen LogP contribution in [0.2, 0.25) is 0 Å². The summed E-state index contributed by atoms with van der Waals surface area (Å²) in [5.74, 6) is 0.830. The van der Waals surface area contributed by atoms with Crippen LogP contribution in [0.4, 0.5) is 0 Å². The highest BCUT2D eigenvalue weighted by Crippen LogP contribution is 2.24. The predicted molar refractivity (Wildman–Crippen MR) is 80.2 cm³/mol. The van der Waals surface area contributed by atoms with Gasteiger partial charge in [-0.1, -0.05) is 44.2 Å². The van der Waals surface area contributed by atoms with Crippen LogP contribution >= 0.6 is 0 Å². The van der Waals surface area contributed by atoms with Crippen molar-refractivity contribution in [3.8, 4) is 0 Å². The monoisotopic (exact) mass is 261 g/mol. The summed E-state index contributed by atoms with van der Waals surface area (Å²) in [6.45, 7) is 7.94. The van der Waals surface area contributed by atoms with E-state index in [4.69, 9.17) is 0 Å². The van der Waals surface area contributed by atoms with Crippen LogP contribution in [0.15, 0.2) is 30.3 Å². The highest BCUT2D eigenvalue weighted by molar-refractivity contribution is 5.15. The number of aliphatic hydroxyl groups excluding tert-OH is 1. The maximum atomic E-state index is 9.34. The number of hydrogen-bond donors (Lipinski definition) is 1. The molecule has 1 aromatic carbocycles. The van der Waals surface area contributed by atoms with Crippen molar-refractivity contribution in [2.75, 3.05) is 26.2 Å². The van der Waals surface area contributed by atoms with Gasteiger partial charge in [0.25, 0.3) is 0 Å². The molecule has 1 aliphatic heterocycles. The maximum Gasteiger partial charge on any atom is 0.0494 e. The van der Waals surface area contributed by atoms with E-state index in [0.717, 1.165) is 12.5 Å². The first-order chi connectivity index (χ1) is 9.09. The Morgan fingerprint density at radius 3 is 2.37 bits per heavy atom. The van der Waals surface area contributed by atoms with Crippen molar-refractivity contribution in [2.45, 2.75) is 33.1 Å². The second-order valence-corrected chi connectivity index (χ2v) is 6.73. The van der Waals surface area contributed by atoms with Gasteiger partial charge in [-0.05, 0) is 43.8 Å². The van der Waals surface area contributed by atoms with Crippen molar-refractivity contribution < 1.29 is 5.11 Å². The average Bonchev–Trinajstić information content (AvgIpc) is 2.42. The number of rotatable bonds is 5. The summed E-state index contributed by atoms with van der Waals surface area (Å²) in [6, 6.07) is 10.8. The average molecular weight is 261 g/mol. The molecule has 1 fully saturated rings. The van der Waals surface area contributed by atoms with E-state index in [0.29, 0.717) is 0 Å². The minimum atomic E-state index is 0.0340. The molecular formula is C17H27NO. The third kappa shape index (κ3) is 4.63. The molecule has 0 bridgehead atoms. The van der Waals surface area contributed by atoms with Gasteiger partial charge in [-0.3, -0.25) is 0 Å². The number of benzene rings is 1. The maximum absolute atomic E-state index is 9.34. The summed E-state index contributed by atoms with van der Waals surface area (Å²) in [5.41, 5.74) is 1.50. The molecule has 2 heteroatoms. The number of aliphatic hydroxyl groups is 1. The summed E-state index contributed by atoms with van der Waals surface area (Å²) in [5, 5.41) is 9.34. The molecule has 1 heterocycles. The van der Waals surface area contributed by atoms with Crippen molar-refractivity contribution in [1.29, 1.82) is 0 Å². The van der Waals surface area contributed by atoms with Crippen LogP contribution in [-0.2, 0) is 6.42 Å². The molecule has 2 nitrogen and oxygen atoms in total. The van der Waals surface area contributed by atoms with Gasteiger partial charge < -0.3 is 10.0 Å². The Labute approximate surface area is 117 Å². The topological polar surface area (TPSA) is 23.5 Å². The Kier molecular flexibility index (Phi) is 5.00. The molecule has 2 rings (SSSR count). The lowest BCUT2D eigenvalue weighted by Crippen LogP contribution is -2.41. The van der Waals surface area contributed by atoms with Crippen LogP contribution in [0.5, 0.6) is 0 Å². The summed E-state index contributed by atoms with van der Waals surface area (Å²) in [7, 11) is 0. The van der Waals surface area contributed by atoms with Gasteiger partial charge in [0, 0.05) is 18.6 Å². The molecule has 1 aromatic rings. The van der Waals surface area contributed by atoms with Crippen molar-refractivity contribution >= 4 is 0 Å². The molecule has 0 amide bonds. The van der Waals surface area contributed by atoms with Gasteiger partial charge in [-0.2, -0.15) is 0 Å². The molecular weight excluding hydrogens is 234 g/mol. The molecule has 1 N–H and O–H groups in total. The van der Waals surface area contributed by atoms with Crippen LogP contribution < -0.4 is 0 Å². The van der Waals surface area contributed by atoms with Crippen molar-refractivity contribution in [3.63, 3.8) is 0 Å². The van der Waals surface area contributed by atoms with E-state index >= 15 is 0 Å². The van der Waals surface area contributed by atoms with Gasteiger partial charge in [0.05, 0.1) is 0 Å². The first-order valence-corrected chi connectivity index (χ1v) is 7.46. The Morgan fingerprint density at radius 1 is 1.16 bits per heavy atom. The van der Waals surface area contributed by atoms with E-state index in [1.165, 1.54) is 37.9 Å². The SMILES string of the molecule is CC(C)(CO)CN1CCC(Cc2ccccc2)CC1. The lowest BCUT2D eigenvalue weighted by molar-refractivity contribution is 0.0814. The molecule has 0 saturated carbocycles. The molecule has 0 unspecified atom stereocenters. The van der Waals surface area contributed by atoms with Crippen LogP contribution in [0.1, 0.15) is 32.3 Å². The normalized spacial score (nSPS) is 18.7. The fourth-order valence-electron chi connectivity index (χ4n) is 2.95. The second kappa shape index (κ2) is 6.53. The van der Waals surface area contributed by atoms with Crippen molar-refractivity contribution in [1.82, 2.24) is 4.90 Å². The second-order valence-electron chi connectivity index (χ2n) is 6.73. The van der Waals surface area contributed by atoms with E-state index in [9.17, 15) is 5.11 Å². The highest BCUT2D eigenvalue weighted by Gasteiger charge is 2.25. The molecule has 0 aromatic heterocycles. The molecule has 1 aliphatic rings. The number of piperidine rings is 1. The van der Waals surface area contributed by atoms with E-state index in [1.807, 2.05) is 0 Å². The standard InChI is InChI=1S/C17H27NO/c1-17(2,14-19)13-18-10-8-16(9-11-18)12-15-6-4-3-5-7-15/h3-7,16,19H,8-14H2,1-2H3. The molecule has 0 aliphatic carbocycles. The van der Waals surface area contributed by atoms with Gasteiger partial charge in [0.2, 0.25) is 0 Å². The Morgan fingerprint density at radius 2 is 1.79 bits per heavy atom. The molecule has 106 valence electrons. The lowest BCUT2D eigenvalue weighted by Gasteiger charge is -2.36. The minimum absolute atomic E-state index is 0.0340. The highest BCUT2D eigenvalue weighted by atomic mass is 16.3. The molecule has 1 saturated heterocycles. The van der Waals surface area contributed by atoms with E-state index < -0.39 is 0 Å². The fourth-order valence-corrected chi connectivity index (χ4v) is 2.95. The first kappa shape index (κ1) is 14.5. The molecule has 0 spiro atoms. The fraction of sp³-hybridized carbons (Fsp3) is 0.647. The van der Waals surface area contributed by atoms with E-state index in [-0.39, 0.29) is 12.0 Å². The zero-order valence-corrected chi connectivity index (χ0v) is 12.3.